The van der Waals surface area contributed by atoms with Crippen molar-refractivity contribution < 1.29 is 9.53 Å². The van der Waals surface area contributed by atoms with Gasteiger partial charge in [-0.3, -0.25) is 4.79 Å². The van der Waals surface area contributed by atoms with E-state index in [0.717, 1.165) is 19.5 Å². The van der Waals surface area contributed by atoms with E-state index in [4.69, 9.17) is 4.74 Å². The number of nitrogens with one attached hydrogen (secondary N) is 1. The summed E-state index contributed by atoms with van der Waals surface area (Å²) in [6.45, 7) is 6.53. The lowest BCUT2D eigenvalue weighted by Crippen LogP contribution is -2.18. The number of carbonyl (C=O) groups excluding carboxylic acids is 1. The smallest absolute Gasteiger partial charge is 0.307 e. The van der Waals surface area contributed by atoms with Gasteiger partial charge in [-0.1, -0.05) is 71.6 Å². The van der Waals surface area contributed by atoms with Gasteiger partial charge < -0.3 is 10.1 Å². The van der Waals surface area contributed by atoms with Crippen molar-refractivity contribution in [3.8, 4) is 0 Å². The Balaban J connectivity index is 3.07. The number of carbonyl (C=O) groups is 1. The van der Waals surface area contributed by atoms with Crippen molar-refractivity contribution in [1.82, 2.24) is 5.32 Å². The lowest BCUT2D eigenvalue weighted by Gasteiger charge is -2.05. The Kier molecular flexibility index (Phi) is 16.0. The minimum Gasteiger partial charge on any atom is -0.466 e. The topological polar surface area (TPSA) is 38.3 Å². The molecule has 0 aliphatic heterocycles. The van der Waals surface area contributed by atoms with Crippen molar-refractivity contribution in [3.63, 3.8) is 0 Å². The molecule has 3 heteroatoms. The number of unbranched alkanes of at least 4 members (excludes halogenated alkanes) is 9. The van der Waals surface area contributed by atoms with Crippen LogP contribution in [0.15, 0.2) is 0 Å². The van der Waals surface area contributed by atoms with Gasteiger partial charge in [-0.05, 0) is 13.0 Å². The Bertz CT molecular complexity index is 207. The minimum absolute atomic E-state index is 0.0677. The average Bonchev–Trinajstić information content (AvgIpc) is 2.45. The lowest BCUT2D eigenvalue weighted by molar-refractivity contribution is -0.143. The van der Waals surface area contributed by atoms with Crippen molar-refractivity contribution in [2.45, 2.75) is 84.5 Å². The molecule has 0 rings (SSSR count). The zero-order valence-corrected chi connectivity index (χ0v) is 13.7. The van der Waals surface area contributed by atoms with Crippen LogP contribution < -0.4 is 5.32 Å². The van der Waals surface area contributed by atoms with Gasteiger partial charge in [-0.2, -0.15) is 0 Å². The van der Waals surface area contributed by atoms with Crippen LogP contribution in [-0.4, -0.2) is 25.7 Å². The molecule has 0 atom stereocenters. The van der Waals surface area contributed by atoms with Crippen LogP contribution in [0.25, 0.3) is 0 Å². The summed E-state index contributed by atoms with van der Waals surface area (Å²) in [6, 6.07) is 0. The molecule has 0 aliphatic rings. The second kappa shape index (κ2) is 16.5. The minimum atomic E-state index is -0.0677. The lowest BCUT2D eigenvalue weighted by atomic mass is 10.1. The molecule has 0 saturated heterocycles. The molecule has 3 nitrogen and oxygen atoms in total. The summed E-state index contributed by atoms with van der Waals surface area (Å²) in [4.78, 5) is 11.3. The molecule has 0 aromatic rings. The number of rotatable bonds is 15. The van der Waals surface area contributed by atoms with Gasteiger partial charge in [0.2, 0.25) is 0 Å². The van der Waals surface area contributed by atoms with Gasteiger partial charge in [-0.15, -0.1) is 0 Å². The van der Waals surface area contributed by atoms with E-state index in [-0.39, 0.29) is 5.97 Å². The van der Waals surface area contributed by atoms with Gasteiger partial charge in [-0.25, -0.2) is 0 Å². The van der Waals surface area contributed by atoms with Crippen LogP contribution in [0.2, 0.25) is 0 Å². The Morgan fingerprint density at radius 3 is 1.95 bits per heavy atom. The Morgan fingerprint density at radius 2 is 1.40 bits per heavy atom. The summed E-state index contributed by atoms with van der Waals surface area (Å²) in [5, 5.41) is 3.12. The predicted molar refractivity (Wildman–Crippen MR) is 86.0 cm³/mol. The zero-order valence-electron chi connectivity index (χ0n) is 13.7. The molecule has 0 unspecified atom stereocenters. The van der Waals surface area contributed by atoms with E-state index < -0.39 is 0 Å². The standard InChI is InChI=1S/C17H35NO2/c1-3-5-6-7-8-9-10-11-12-13-16-20-17(19)14-15-18-4-2/h18H,3-16H2,1-2H3. The fourth-order valence-electron chi connectivity index (χ4n) is 2.21. The highest BCUT2D eigenvalue weighted by atomic mass is 16.5. The van der Waals surface area contributed by atoms with Crippen LogP contribution in [-0.2, 0) is 9.53 Å². The fourth-order valence-corrected chi connectivity index (χ4v) is 2.21. The van der Waals surface area contributed by atoms with Crippen LogP contribution in [0.1, 0.15) is 84.5 Å². The van der Waals surface area contributed by atoms with E-state index in [1.165, 1.54) is 57.8 Å². The summed E-state index contributed by atoms with van der Waals surface area (Å²) in [7, 11) is 0. The van der Waals surface area contributed by atoms with Gasteiger partial charge in [0.1, 0.15) is 0 Å². The van der Waals surface area contributed by atoms with Crippen molar-refractivity contribution in [2.24, 2.45) is 0 Å². The van der Waals surface area contributed by atoms with Gasteiger partial charge in [0, 0.05) is 6.54 Å². The molecule has 0 bridgehead atoms. The molecular weight excluding hydrogens is 250 g/mol. The highest BCUT2D eigenvalue weighted by molar-refractivity contribution is 5.69. The fraction of sp³-hybridized carbons (Fsp3) is 0.941. The summed E-state index contributed by atoms with van der Waals surface area (Å²) < 4.78 is 5.18. The van der Waals surface area contributed by atoms with E-state index in [9.17, 15) is 4.79 Å². The molecule has 0 aromatic carbocycles. The average molecular weight is 285 g/mol. The third-order valence-corrected chi connectivity index (χ3v) is 3.52. The zero-order chi connectivity index (χ0) is 14.9. The first-order chi connectivity index (χ1) is 9.81. The summed E-state index contributed by atoms with van der Waals surface area (Å²) in [6.07, 6.45) is 13.6. The summed E-state index contributed by atoms with van der Waals surface area (Å²) in [5.74, 6) is -0.0677. The molecule has 1 N–H and O–H groups in total. The number of ether oxygens (including phenoxy) is 1. The highest BCUT2D eigenvalue weighted by Crippen LogP contribution is 2.10. The molecular formula is C17H35NO2. The molecule has 0 saturated carbocycles. The summed E-state index contributed by atoms with van der Waals surface area (Å²) in [5.41, 5.74) is 0. The number of hydrogen-bond acceptors (Lipinski definition) is 3. The molecule has 0 spiro atoms. The molecule has 0 amide bonds. The molecule has 0 heterocycles. The SMILES string of the molecule is CCCCCCCCCCCCOC(=O)CCNCC. The van der Waals surface area contributed by atoms with Gasteiger partial charge in [0.15, 0.2) is 0 Å². The third-order valence-electron chi connectivity index (χ3n) is 3.52. The molecule has 0 radical (unpaired) electrons. The van der Waals surface area contributed by atoms with E-state index in [0.29, 0.717) is 13.0 Å². The van der Waals surface area contributed by atoms with Crippen molar-refractivity contribution >= 4 is 5.97 Å². The summed E-state index contributed by atoms with van der Waals surface area (Å²) >= 11 is 0. The quantitative estimate of drug-likeness (QED) is 0.357. The maximum absolute atomic E-state index is 11.3. The van der Waals surface area contributed by atoms with Crippen LogP contribution in [0, 0.1) is 0 Å². The first kappa shape index (κ1) is 19.4. The van der Waals surface area contributed by atoms with Crippen LogP contribution in [0.5, 0.6) is 0 Å². The molecule has 20 heavy (non-hydrogen) atoms. The maximum Gasteiger partial charge on any atom is 0.307 e. The van der Waals surface area contributed by atoms with Gasteiger partial charge in [0.25, 0.3) is 0 Å². The second-order valence-corrected chi connectivity index (χ2v) is 5.51. The molecule has 0 aromatic heterocycles. The molecule has 120 valence electrons. The maximum atomic E-state index is 11.3. The van der Waals surface area contributed by atoms with E-state index in [1.54, 1.807) is 0 Å². The van der Waals surface area contributed by atoms with Crippen molar-refractivity contribution in [1.29, 1.82) is 0 Å². The first-order valence-corrected chi connectivity index (χ1v) is 8.67. The molecule has 0 fully saturated rings. The number of hydrogen-bond donors (Lipinski definition) is 1. The Labute approximate surface area is 125 Å². The predicted octanol–water partition coefficient (Wildman–Crippen LogP) is 4.45. The van der Waals surface area contributed by atoms with Crippen LogP contribution >= 0.6 is 0 Å². The van der Waals surface area contributed by atoms with Gasteiger partial charge >= 0.3 is 5.97 Å². The third kappa shape index (κ3) is 15.5. The van der Waals surface area contributed by atoms with Crippen molar-refractivity contribution in [3.05, 3.63) is 0 Å². The van der Waals surface area contributed by atoms with E-state index in [2.05, 4.69) is 12.2 Å². The normalized spacial score (nSPS) is 10.7. The van der Waals surface area contributed by atoms with Crippen molar-refractivity contribution in [2.75, 3.05) is 19.7 Å². The van der Waals surface area contributed by atoms with E-state index in [1.807, 2.05) is 6.92 Å². The highest BCUT2D eigenvalue weighted by Gasteiger charge is 2.01. The van der Waals surface area contributed by atoms with Gasteiger partial charge in [0.05, 0.1) is 13.0 Å². The first-order valence-electron chi connectivity index (χ1n) is 8.67. The van der Waals surface area contributed by atoms with Crippen LogP contribution in [0.4, 0.5) is 0 Å². The second-order valence-electron chi connectivity index (χ2n) is 5.51. The van der Waals surface area contributed by atoms with E-state index >= 15 is 0 Å². The van der Waals surface area contributed by atoms with Crippen LogP contribution in [0.3, 0.4) is 0 Å². The Morgan fingerprint density at radius 1 is 0.850 bits per heavy atom. The Hall–Kier alpha value is -0.570. The molecule has 0 aliphatic carbocycles. The monoisotopic (exact) mass is 285 g/mol. The number of esters is 1. The largest absolute Gasteiger partial charge is 0.466 e.